The van der Waals surface area contributed by atoms with E-state index in [1.807, 2.05) is 26.0 Å². The molecule has 1 atom stereocenters. The van der Waals surface area contributed by atoms with Gasteiger partial charge in [0.2, 0.25) is 11.8 Å². The average molecular weight is 274 g/mol. The summed E-state index contributed by atoms with van der Waals surface area (Å²) >= 11 is 0. The van der Waals surface area contributed by atoms with E-state index in [0.29, 0.717) is 19.4 Å². The van der Waals surface area contributed by atoms with Gasteiger partial charge in [-0.3, -0.25) is 9.59 Å². The van der Waals surface area contributed by atoms with Crippen LogP contribution in [0.15, 0.2) is 12.1 Å². The minimum Gasteiger partial charge on any atom is -0.492 e. The second kappa shape index (κ2) is 4.23. The zero-order valence-corrected chi connectivity index (χ0v) is 11.7. The molecule has 1 heterocycles. The quantitative estimate of drug-likeness (QED) is 0.859. The van der Waals surface area contributed by atoms with Gasteiger partial charge in [-0.05, 0) is 43.9 Å². The lowest BCUT2D eigenvalue weighted by molar-refractivity contribution is -0.129. The number of benzene rings is 1. The number of nitrogens with one attached hydrogen (secondary N) is 1. The molecule has 0 radical (unpaired) electrons. The first-order chi connectivity index (χ1) is 9.43. The average Bonchev–Trinajstić information content (AvgIpc) is 3.05. The van der Waals surface area contributed by atoms with Gasteiger partial charge in [0, 0.05) is 5.56 Å². The topological polar surface area (TPSA) is 81.4 Å². The van der Waals surface area contributed by atoms with Crippen LogP contribution >= 0.6 is 0 Å². The van der Waals surface area contributed by atoms with E-state index < -0.39 is 11.4 Å². The first-order valence-corrected chi connectivity index (χ1v) is 6.79. The van der Waals surface area contributed by atoms with Crippen LogP contribution in [0.5, 0.6) is 5.75 Å². The standard InChI is InChI=1S/C15H18N2O3/c1-8-5-10-11(7-20-12(10)6-9(8)2)13(18)17-15(3-4-15)14(16)19/h5-6,11H,3-4,7H2,1-2H3,(H2,16,19)(H,17,18)/t11-/m0/s1. The number of ether oxygens (including phenoxy) is 1. The van der Waals surface area contributed by atoms with E-state index in [2.05, 4.69) is 5.32 Å². The molecular weight excluding hydrogens is 256 g/mol. The SMILES string of the molecule is Cc1cc2c(cc1C)[C@@H](C(=O)NC1(C(N)=O)CC1)CO2. The summed E-state index contributed by atoms with van der Waals surface area (Å²) in [6, 6.07) is 3.95. The third-order valence-corrected chi connectivity index (χ3v) is 4.31. The van der Waals surface area contributed by atoms with Crippen LogP contribution in [0.1, 0.15) is 35.4 Å². The number of aryl methyl sites for hydroxylation is 2. The van der Waals surface area contributed by atoms with Crippen molar-refractivity contribution < 1.29 is 14.3 Å². The van der Waals surface area contributed by atoms with Gasteiger partial charge in [-0.25, -0.2) is 0 Å². The van der Waals surface area contributed by atoms with Crippen LogP contribution < -0.4 is 15.8 Å². The number of carbonyl (C=O) groups excluding carboxylic acids is 2. The highest BCUT2D eigenvalue weighted by molar-refractivity contribution is 5.95. The molecule has 0 bridgehead atoms. The molecule has 1 fully saturated rings. The lowest BCUT2D eigenvalue weighted by atomic mass is 9.96. The fourth-order valence-corrected chi connectivity index (χ4v) is 2.57. The van der Waals surface area contributed by atoms with Gasteiger partial charge >= 0.3 is 0 Å². The molecule has 1 aliphatic carbocycles. The van der Waals surface area contributed by atoms with Gasteiger partial charge < -0.3 is 15.8 Å². The molecule has 1 aromatic rings. The first-order valence-electron chi connectivity index (χ1n) is 6.79. The summed E-state index contributed by atoms with van der Waals surface area (Å²) in [7, 11) is 0. The third-order valence-electron chi connectivity index (χ3n) is 4.31. The van der Waals surface area contributed by atoms with Crippen molar-refractivity contribution in [1.82, 2.24) is 5.32 Å². The van der Waals surface area contributed by atoms with Crippen molar-refractivity contribution in [3.05, 3.63) is 28.8 Å². The van der Waals surface area contributed by atoms with Crippen molar-refractivity contribution in [1.29, 1.82) is 0 Å². The molecule has 5 heteroatoms. The Kier molecular flexibility index (Phi) is 2.74. The summed E-state index contributed by atoms with van der Waals surface area (Å²) in [5, 5.41) is 2.79. The van der Waals surface area contributed by atoms with Gasteiger partial charge in [0.05, 0.1) is 0 Å². The van der Waals surface area contributed by atoms with Crippen LogP contribution in [-0.2, 0) is 9.59 Å². The fourth-order valence-electron chi connectivity index (χ4n) is 2.57. The minimum atomic E-state index is -0.820. The molecule has 1 saturated carbocycles. The van der Waals surface area contributed by atoms with Crippen LogP contribution in [0, 0.1) is 13.8 Å². The summed E-state index contributed by atoms with van der Waals surface area (Å²) in [4.78, 5) is 23.7. The predicted octanol–water partition coefficient (Wildman–Crippen LogP) is 0.914. The Labute approximate surface area is 117 Å². The van der Waals surface area contributed by atoms with Crippen LogP contribution in [0.2, 0.25) is 0 Å². The minimum absolute atomic E-state index is 0.177. The van der Waals surface area contributed by atoms with Crippen molar-refractivity contribution in [3.8, 4) is 5.75 Å². The molecule has 0 saturated heterocycles. The van der Waals surface area contributed by atoms with Crippen molar-refractivity contribution in [2.45, 2.75) is 38.1 Å². The van der Waals surface area contributed by atoms with E-state index in [4.69, 9.17) is 10.5 Å². The second-order valence-electron chi connectivity index (χ2n) is 5.77. The summed E-state index contributed by atoms with van der Waals surface area (Å²) in [5.74, 6) is -0.230. The number of fused-ring (bicyclic) bond motifs is 1. The number of nitrogens with two attached hydrogens (primary N) is 1. The maximum absolute atomic E-state index is 12.4. The number of amides is 2. The number of primary amides is 1. The summed E-state index contributed by atoms with van der Waals surface area (Å²) in [5.41, 5.74) is 7.68. The van der Waals surface area contributed by atoms with Crippen LogP contribution in [0.25, 0.3) is 0 Å². The van der Waals surface area contributed by atoms with Crippen LogP contribution in [-0.4, -0.2) is 24.0 Å². The molecule has 3 rings (SSSR count). The Morgan fingerprint density at radius 1 is 1.30 bits per heavy atom. The Balaban J connectivity index is 1.83. The van der Waals surface area contributed by atoms with Gasteiger partial charge in [-0.15, -0.1) is 0 Å². The Morgan fingerprint density at radius 2 is 1.95 bits per heavy atom. The Hall–Kier alpha value is -2.04. The van der Waals surface area contributed by atoms with Gasteiger partial charge in [0.25, 0.3) is 0 Å². The lowest BCUT2D eigenvalue weighted by Gasteiger charge is -2.16. The highest BCUT2D eigenvalue weighted by Gasteiger charge is 2.51. The molecular formula is C15H18N2O3. The number of hydrogen-bond acceptors (Lipinski definition) is 3. The smallest absolute Gasteiger partial charge is 0.243 e. The van der Waals surface area contributed by atoms with E-state index in [1.165, 1.54) is 0 Å². The largest absolute Gasteiger partial charge is 0.492 e. The number of hydrogen-bond donors (Lipinski definition) is 2. The maximum atomic E-state index is 12.4. The maximum Gasteiger partial charge on any atom is 0.243 e. The lowest BCUT2D eigenvalue weighted by Crippen LogP contribution is -2.48. The normalized spacial score (nSPS) is 21.8. The van der Waals surface area contributed by atoms with Crippen molar-refractivity contribution in [2.24, 2.45) is 5.73 Å². The molecule has 5 nitrogen and oxygen atoms in total. The zero-order chi connectivity index (χ0) is 14.5. The van der Waals surface area contributed by atoms with Gasteiger partial charge in [-0.2, -0.15) is 0 Å². The molecule has 2 amide bonds. The second-order valence-corrected chi connectivity index (χ2v) is 5.77. The zero-order valence-electron chi connectivity index (χ0n) is 11.7. The van der Waals surface area contributed by atoms with Crippen molar-refractivity contribution in [3.63, 3.8) is 0 Å². The highest BCUT2D eigenvalue weighted by Crippen LogP contribution is 2.39. The van der Waals surface area contributed by atoms with Crippen LogP contribution in [0.3, 0.4) is 0 Å². The van der Waals surface area contributed by atoms with E-state index >= 15 is 0 Å². The summed E-state index contributed by atoms with van der Waals surface area (Å²) in [6.07, 6.45) is 1.25. The van der Waals surface area contributed by atoms with Gasteiger partial charge in [0.15, 0.2) is 0 Å². The van der Waals surface area contributed by atoms with Gasteiger partial charge in [0.1, 0.15) is 23.8 Å². The molecule has 0 aromatic heterocycles. The molecule has 3 N–H and O–H groups in total. The Morgan fingerprint density at radius 3 is 2.55 bits per heavy atom. The number of rotatable bonds is 3. The molecule has 0 spiro atoms. The van der Waals surface area contributed by atoms with Crippen molar-refractivity contribution >= 4 is 11.8 Å². The van der Waals surface area contributed by atoms with E-state index in [-0.39, 0.29) is 11.8 Å². The molecule has 106 valence electrons. The molecule has 2 aliphatic rings. The van der Waals surface area contributed by atoms with Crippen LogP contribution in [0.4, 0.5) is 0 Å². The predicted molar refractivity (Wildman–Crippen MR) is 73.5 cm³/mol. The molecule has 1 aliphatic heterocycles. The van der Waals surface area contributed by atoms with Crippen molar-refractivity contribution in [2.75, 3.05) is 6.61 Å². The van der Waals surface area contributed by atoms with E-state index in [9.17, 15) is 9.59 Å². The number of carbonyl (C=O) groups is 2. The molecule has 20 heavy (non-hydrogen) atoms. The summed E-state index contributed by atoms with van der Waals surface area (Å²) in [6.45, 7) is 4.34. The van der Waals surface area contributed by atoms with E-state index in [1.54, 1.807) is 0 Å². The highest BCUT2D eigenvalue weighted by atomic mass is 16.5. The monoisotopic (exact) mass is 274 g/mol. The molecule has 0 unspecified atom stereocenters. The fraction of sp³-hybridized carbons (Fsp3) is 0.467. The Bertz CT molecular complexity index is 605. The van der Waals surface area contributed by atoms with Gasteiger partial charge in [-0.1, -0.05) is 6.07 Å². The van der Waals surface area contributed by atoms with E-state index in [0.717, 1.165) is 22.4 Å². The third kappa shape index (κ3) is 1.94. The first kappa shape index (κ1) is 13.0. The molecule has 1 aromatic carbocycles. The summed E-state index contributed by atoms with van der Waals surface area (Å²) < 4.78 is 5.59.